The number of urea groups is 1. The summed E-state index contributed by atoms with van der Waals surface area (Å²) in [5, 5.41) is 7.10. The van der Waals surface area contributed by atoms with E-state index in [1.165, 1.54) is 12.0 Å². The number of hydrogen-bond donors (Lipinski definition) is 1. The third kappa shape index (κ3) is 2.09. The van der Waals surface area contributed by atoms with Crippen molar-refractivity contribution in [3.05, 3.63) is 36.0 Å². The predicted molar refractivity (Wildman–Crippen MR) is 88.1 cm³/mol. The van der Waals surface area contributed by atoms with Gasteiger partial charge < -0.3 is 10.1 Å². The summed E-state index contributed by atoms with van der Waals surface area (Å²) in [6.45, 7) is 0.751. The molecule has 1 aromatic heterocycles. The number of para-hydroxylation sites is 1. The van der Waals surface area contributed by atoms with Crippen molar-refractivity contribution >= 4 is 17.4 Å². The minimum absolute atomic E-state index is 0.132. The fourth-order valence-corrected chi connectivity index (χ4v) is 3.73. The van der Waals surface area contributed by atoms with Gasteiger partial charge in [-0.3, -0.25) is 9.58 Å². The number of anilines is 2. The Bertz CT molecular complexity index is 764. The third-order valence-corrected chi connectivity index (χ3v) is 5.01. The normalized spacial score (nSPS) is 17.7. The number of carbonyl (C=O) groups excluding carboxylic acids is 1. The predicted octanol–water partition coefficient (Wildman–Crippen LogP) is 2.90. The van der Waals surface area contributed by atoms with Crippen molar-refractivity contribution in [3.8, 4) is 5.88 Å². The van der Waals surface area contributed by atoms with E-state index < -0.39 is 0 Å². The molecule has 0 radical (unpaired) electrons. The van der Waals surface area contributed by atoms with E-state index in [0.29, 0.717) is 11.6 Å². The SMILES string of the molecule is COc1nn(C)cc1NC(=O)N1CC2(CCC2)c2ccccc21. The molecule has 120 valence electrons. The average molecular weight is 312 g/mol. The summed E-state index contributed by atoms with van der Waals surface area (Å²) < 4.78 is 6.83. The van der Waals surface area contributed by atoms with Crippen molar-refractivity contribution in [1.82, 2.24) is 9.78 Å². The second kappa shape index (κ2) is 5.01. The van der Waals surface area contributed by atoms with E-state index in [-0.39, 0.29) is 11.4 Å². The summed E-state index contributed by atoms with van der Waals surface area (Å²) in [6.07, 6.45) is 5.30. The average Bonchev–Trinajstić information content (AvgIpc) is 3.04. The van der Waals surface area contributed by atoms with Crippen LogP contribution in [0.2, 0.25) is 0 Å². The molecule has 1 saturated carbocycles. The van der Waals surface area contributed by atoms with E-state index >= 15 is 0 Å². The lowest BCUT2D eigenvalue weighted by Crippen LogP contribution is -2.42. The molecule has 23 heavy (non-hydrogen) atoms. The molecule has 6 nitrogen and oxygen atoms in total. The highest BCUT2D eigenvalue weighted by molar-refractivity contribution is 6.04. The molecule has 1 fully saturated rings. The molecule has 1 aliphatic heterocycles. The molecule has 2 aromatic rings. The Morgan fingerprint density at radius 2 is 2.13 bits per heavy atom. The van der Waals surface area contributed by atoms with Gasteiger partial charge in [0.25, 0.3) is 5.88 Å². The van der Waals surface area contributed by atoms with Crippen LogP contribution in [-0.2, 0) is 12.5 Å². The Morgan fingerprint density at radius 1 is 1.35 bits per heavy atom. The summed E-state index contributed by atoms with van der Waals surface area (Å²) in [5.74, 6) is 0.423. The molecule has 1 aliphatic carbocycles. The maximum atomic E-state index is 12.8. The van der Waals surface area contributed by atoms with E-state index in [0.717, 1.165) is 25.1 Å². The molecule has 6 heteroatoms. The minimum Gasteiger partial charge on any atom is -0.478 e. The standard InChI is InChI=1S/C17H20N4O2/c1-20-10-13(15(19-20)23-2)18-16(22)21-11-17(8-5-9-17)12-6-3-4-7-14(12)21/h3-4,6-7,10H,5,8-9,11H2,1-2H3,(H,18,22). The molecule has 0 saturated heterocycles. The van der Waals surface area contributed by atoms with Crippen molar-refractivity contribution in [3.63, 3.8) is 0 Å². The van der Waals surface area contributed by atoms with E-state index in [1.807, 2.05) is 17.0 Å². The van der Waals surface area contributed by atoms with Crippen LogP contribution >= 0.6 is 0 Å². The third-order valence-electron chi connectivity index (χ3n) is 5.01. The number of amides is 2. The number of ether oxygens (including phenoxy) is 1. The van der Waals surface area contributed by atoms with Gasteiger partial charge in [-0.2, -0.15) is 0 Å². The number of fused-ring (bicyclic) bond motifs is 2. The molecular weight excluding hydrogens is 292 g/mol. The molecule has 1 N–H and O–H groups in total. The summed E-state index contributed by atoms with van der Waals surface area (Å²) in [6, 6.07) is 8.10. The molecule has 0 atom stereocenters. The number of nitrogens with zero attached hydrogens (tertiary/aromatic N) is 3. The van der Waals surface area contributed by atoms with Crippen molar-refractivity contribution in [2.75, 3.05) is 23.9 Å². The minimum atomic E-state index is -0.132. The largest absolute Gasteiger partial charge is 0.478 e. The number of aromatic nitrogens is 2. The Labute approximate surface area is 135 Å². The van der Waals surface area contributed by atoms with Crippen molar-refractivity contribution in [2.24, 2.45) is 7.05 Å². The van der Waals surface area contributed by atoms with Gasteiger partial charge in [0.1, 0.15) is 5.69 Å². The number of benzene rings is 1. The van der Waals surface area contributed by atoms with Crippen LogP contribution in [0.15, 0.2) is 30.5 Å². The van der Waals surface area contributed by atoms with Crippen molar-refractivity contribution < 1.29 is 9.53 Å². The highest BCUT2D eigenvalue weighted by atomic mass is 16.5. The topological polar surface area (TPSA) is 59.4 Å². The van der Waals surface area contributed by atoms with Crippen molar-refractivity contribution in [2.45, 2.75) is 24.7 Å². The first-order valence-corrected chi connectivity index (χ1v) is 7.89. The van der Waals surface area contributed by atoms with E-state index in [1.54, 1.807) is 25.0 Å². The summed E-state index contributed by atoms with van der Waals surface area (Å²) in [5.41, 5.74) is 3.08. The fourth-order valence-electron chi connectivity index (χ4n) is 3.73. The number of methoxy groups -OCH3 is 1. The van der Waals surface area contributed by atoms with E-state index in [2.05, 4.69) is 22.5 Å². The van der Waals surface area contributed by atoms with Crippen LogP contribution in [0.4, 0.5) is 16.2 Å². The molecule has 1 spiro atoms. The van der Waals surface area contributed by atoms with Crippen LogP contribution in [-0.4, -0.2) is 29.5 Å². The van der Waals surface area contributed by atoms with Gasteiger partial charge in [0.2, 0.25) is 0 Å². The van der Waals surface area contributed by atoms with Crippen LogP contribution < -0.4 is 15.0 Å². The smallest absolute Gasteiger partial charge is 0.326 e. The molecule has 4 rings (SSSR count). The molecule has 0 bridgehead atoms. The van der Waals surface area contributed by atoms with Gasteiger partial charge >= 0.3 is 6.03 Å². The number of nitrogens with one attached hydrogen (secondary N) is 1. The molecule has 2 amide bonds. The number of rotatable bonds is 2. The molecular formula is C17H20N4O2. The van der Waals surface area contributed by atoms with Gasteiger partial charge in [-0.05, 0) is 24.5 Å². The van der Waals surface area contributed by atoms with Gasteiger partial charge in [0.05, 0.1) is 13.3 Å². The van der Waals surface area contributed by atoms with E-state index in [9.17, 15) is 4.79 Å². The zero-order valence-electron chi connectivity index (χ0n) is 13.4. The lowest BCUT2D eigenvalue weighted by molar-refractivity contribution is 0.244. The van der Waals surface area contributed by atoms with Crippen LogP contribution in [0, 0.1) is 0 Å². The van der Waals surface area contributed by atoms with Crippen LogP contribution in [0.25, 0.3) is 0 Å². The first-order chi connectivity index (χ1) is 11.1. The maximum Gasteiger partial charge on any atom is 0.326 e. The highest BCUT2D eigenvalue weighted by Gasteiger charge is 2.48. The zero-order chi connectivity index (χ0) is 16.0. The van der Waals surface area contributed by atoms with Crippen molar-refractivity contribution in [1.29, 1.82) is 0 Å². The lowest BCUT2D eigenvalue weighted by atomic mass is 9.66. The Balaban J connectivity index is 1.62. The second-order valence-electron chi connectivity index (χ2n) is 6.39. The summed E-state index contributed by atoms with van der Waals surface area (Å²) >= 11 is 0. The number of carbonyl (C=O) groups is 1. The maximum absolute atomic E-state index is 12.8. The number of aryl methyl sites for hydroxylation is 1. The monoisotopic (exact) mass is 312 g/mol. The van der Waals surface area contributed by atoms with Gasteiger partial charge in [-0.15, -0.1) is 5.10 Å². The second-order valence-corrected chi connectivity index (χ2v) is 6.39. The molecule has 2 aliphatic rings. The quantitative estimate of drug-likeness (QED) is 0.927. The molecule has 1 aromatic carbocycles. The van der Waals surface area contributed by atoms with Gasteiger partial charge in [0, 0.05) is 24.7 Å². The van der Waals surface area contributed by atoms with Gasteiger partial charge in [0.15, 0.2) is 0 Å². The molecule has 2 heterocycles. The van der Waals surface area contributed by atoms with Crippen LogP contribution in [0.1, 0.15) is 24.8 Å². The van der Waals surface area contributed by atoms with Crippen LogP contribution in [0.5, 0.6) is 5.88 Å². The lowest BCUT2D eigenvalue weighted by Gasteiger charge is -2.38. The Hall–Kier alpha value is -2.50. The van der Waals surface area contributed by atoms with Gasteiger partial charge in [-0.25, -0.2) is 4.79 Å². The van der Waals surface area contributed by atoms with E-state index in [4.69, 9.17) is 4.74 Å². The first-order valence-electron chi connectivity index (χ1n) is 7.89. The Kier molecular flexibility index (Phi) is 3.07. The highest BCUT2D eigenvalue weighted by Crippen LogP contribution is 2.52. The summed E-state index contributed by atoms with van der Waals surface area (Å²) in [4.78, 5) is 14.7. The molecule has 0 unspecified atom stereocenters. The Morgan fingerprint density at radius 3 is 2.83 bits per heavy atom. The van der Waals surface area contributed by atoms with Gasteiger partial charge in [-0.1, -0.05) is 24.6 Å². The number of hydrogen-bond acceptors (Lipinski definition) is 3. The first kappa shape index (κ1) is 14.1. The fraction of sp³-hybridized carbons (Fsp3) is 0.412. The van der Waals surface area contributed by atoms with Crippen LogP contribution in [0.3, 0.4) is 0 Å². The zero-order valence-corrected chi connectivity index (χ0v) is 13.4. The summed E-state index contributed by atoms with van der Waals surface area (Å²) in [7, 11) is 3.35.